The van der Waals surface area contributed by atoms with Crippen molar-refractivity contribution in [2.45, 2.75) is 25.9 Å². The zero-order chi connectivity index (χ0) is 11.0. The maximum Gasteiger partial charge on any atom is 0.405 e. The minimum absolute atomic E-state index is 0.107. The van der Waals surface area contributed by atoms with Crippen LogP contribution in [0.5, 0.6) is 0 Å². The SMILES string of the molecule is CCCCSCC(=O)NCC(F)(F)F. The van der Waals surface area contributed by atoms with Crippen LogP contribution >= 0.6 is 11.8 Å². The van der Waals surface area contributed by atoms with Gasteiger partial charge in [-0.15, -0.1) is 0 Å². The maximum atomic E-state index is 11.6. The second-order valence-corrected chi connectivity index (χ2v) is 3.90. The van der Waals surface area contributed by atoms with Crippen molar-refractivity contribution in [3.05, 3.63) is 0 Å². The molecule has 1 N–H and O–H groups in total. The molecule has 0 aliphatic rings. The molecule has 0 unspecified atom stereocenters. The second kappa shape index (κ2) is 6.98. The van der Waals surface area contributed by atoms with Crippen molar-refractivity contribution < 1.29 is 18.0 Å². The van der Waals surface area contributed by atoms with Gasteiger partial charge in [0.2, 0.25) is 5.91 Å². The van der Waals surface area contributed by atoms with Crippen LogP contribution in [0.3, 0.4) is 0 Å². The van der Waals surface area contributed by atoms with E-state index < -0.39 is 18.6 Å². The first-order valence-electron chi connectivity index (χ1n) is 4.37. The third kappa shape index (κ3) is 9.70. The first-order chi connectivity index (χ1) is 6.45. The van der Waals surface area contributed by atoms with E-state index in [9.17, 15) is 18.0 Å². The Kier molecular flexibility index (Phi) is 6.78. The molecule has 0 atom stereocenters. The number of halogens is 3. The number of thioether (sulfide) groups is 1. The van der Waals surface area contributed by atoms with Crippen molar-refractivity contribution in [3.8, 4) is 0 Å². The summed E-state index contributed by atoms with van der Waals surface area (Å²) in [6.07, 6.45) is -2.31. The molecule has 0 aliphatic carbocycles. The molecule has 0 aromatic carbocycles. The lowest BCUT2D eigenvalue weighted by Crippen LogP contribution is -2.34. The van der Waals surface area contributed by atoms with E-state index in [2.05, 4.69) is 0 Å². The Morgan fingerprint density at radius 1 is 1.43 bits per heavy atom. The van der Waals surface area contributed by atoms with E-state index in [4.69, 9.17) is 0 Å². The zero-order valence-electron chi connectivity index (χ0n) is 7.99. The molecule has 0 radical (unpaired) electrons. The van der Waals surface area contributed by atoms with Crippen LogP contribution in [-0.4, -0.2) is 30.1 Å². The first kappa shape index (κ1) is 13.6. The first-order valence-corrected chi connectivity index (χ1v) is 5.52. The number of rotatable bonds is 6. The van der Waals surface area contributed by atoms with Crippen LogP contribution in [-0.2, 0) is 4.79 Å². The molecule has 0 saturated carbocycles. The Labute approximate surface area is 85.6 Å². The number of nitrogens with one attached hydrogen (secondary N) is 1. The molecular weight excluding hydrogens is 215 g/mol. The Morgan fingerprint density at radius 2 is 2.07 bits per heavy atom. The van der Waals surface area contributed by atoms with Crippen molar-refractivity contribution in [2.75, 3.05) is 18.1 Å². The molecule has 0 rings (SSSR count). The fourth-order valence-corrected chi connectivity index (χ4v) is 1.59. The van der Waals surface area contributed by atoms with Crippen LogP contribution in [0, 0.1) is 0 Å². The van der Waals surface area contributed by atoms with Gasteiger partial charge in [0.05, 0.1) is 5.75 Å². The van der Waals surface area contributed by atoms with Crippen LogP contribution in [0.1, 0.15) is 19.8 Å². The molecule has 0 heterocycles. The fourth-order valence-electron chi connectivity index (χ4n) is 0.661. The monoisotopic (exact) mass is 229 g/mol. The molecule has 0 aliphatic heterocycles. The van der Waals surface area contributed by atoms with Crippen molar-refractivity contribution >= 4 is 17.7 Å². The van der Waals surface area contributed by atoms with E-state index in [1.165, 1.54) is 11.8 Å². The van der Waals surface area contributed by atoms with Gasteiger partial charge in [0.15, 0.2) is 0 Å². The molecule has 14 heavy (non-hydrogen) atoms. The predicted molar refractivity (Wildman–Crippen MR) is 51.3 cm³/mol. The van der Waals surface area contributed by atoms with E-state index in [0.717, 1.165) is 18.6 Å². The molecule has 0 fully saturated rings. The summed E-state index contributed by atoms with van der Waals surface area (Å²) >= 11 is 1.36. The van der Waals surface area contributed by atoms with Gasteiger partial charge in [-0.1, -0.05) is 13.3 Å². The molecular formula is C8H14F3NOS. The highest BCUT2D eigenvalue weighted by Gasteiger charge is 2.27. The molecule has 0 spiro atoms. The predicted octanol–water partition coefficient (Wildman–Crippen LogP) is 2.20. The maximum absolute atomic E-state index is 11.6. The Hall–Kier alpha value is -0.390. The molecule has 6 heteroatoms. The number of amides is 1. The third-order valence-electron chi connectivity index (χ3n) is 1.36. The normalized spacial score (nSPS) is 11.4. The van der Waals surface area contributed by atoms with E-state index in [1.807, 2.05) is 12.2 Å². The van der Waals surface area contributed by atoms with Crippen molar-refractivity contribution in [2.24, 2.45) is 0 Å². The molecule has 0 saturated heterocycles. The number of hydrogen-bond acceptors (Lipinski definition) is 2. The van der Waals surface area contributed by atoms with Gasteiger partial charge in [0, 0.05) is 0 Å². The smallest absolute Gasteiger partial charge is 0.346 e. The highest BCUT2D eigenvalue weighted by Crippen LogP contribution is 2.12. The van der Waals surface area contributed by atoms with Gasteiger partial charge in [-0.3, -0.25) is 4.79 Å². The summed E-state index contributed by atoms with van der Waals surface area (Å²) in [5, 5.41) is 1.81. The molecule has 1 amide bonds. The van der Waals surface area contributed by atoms with Gasteiger partial charge in [-0.2, -0.15) is 24.9 Å². The molecule has 0 aromatic rings. The second-order valence-electron chi connectivity index (χ2n) is 2.80. The molecule has 84 valence electrons. The minimum atomic E-state index is -4.32. The van der Waals surface area contributed by atoms with Gasteiger partial charge in [-0.25, -0.2) is 0 Å². The average molecular weight is 229 g/mol. The Balaban J connectivity index is 3.38. The van der Waals surface area contributed by atoms with Crippen LogP contribution in [0.4, 0.5) is 13.2 Å². The summed E-state index contributed by atoms with van der Waals surface area (Å²) in [5.74, 6) is 0.370. The standard InChI is InChI=1S/C8H14F3NOS/c1-2-3-4-14-5-7(13)12-6-8(9,10)11/h2-6H2,1H3,(H,12,13). The quantitative estimate of drug-likeness (QED) is 0.707. The number of unbranched alkanes of at least 4 members (excludes halogenated alkanes) is 1. The topological polar surface area (TPSA) is 29.1 Å². The average Bonchev–Trinajstić information content (AvgIpc) is 2.08. The van der Waals surface area contributed by atoms with Crippen molar-refractivity contribution in [1.29, 1.82) is 0 Å². The summed E-state index contributed by atoms with van der Waals surface area (Å²) in [6, 6.07) is 0. The highest BCUT2D eigenvalue weighted by atomic mass is 32.2. The van der Waals surface area contributed by atoms with E-state index in [1.54, 1.807) is 0 Å². The van der Waals surface area contributed by atoms with Gasteiger partial charge in [-0.05, 0) is 12.2 Å². The van der Waals surface area contributed by atoms with Crippen LogP contribution in [0.2, 0.25) is 0 Å². The minimum Gasteiger partial charge on any atom is -0.346 e. The summed E-state index contributed by atoms with van der Waals surface area (Å²) in [6.45, 7) is 0.782. The molecule has 2 nitrogen and oxygen atoms in total. The largest absolute Gasteiger partial charge is 0.405 e. The Bertz CT molecular complexity index is 172. The van der Waals surface area contributed by atoms with Crippen molar-refractivity contribution in [1.82, 2.24) is 5.32 Å². The molecule has 0 aromatic heterocycles. The number of carbonyl (C=O) groups is 1. The van der Waals surface area contributed by atoms with Crippen LogP contribution in [0.15, 0.2) is 0 Å². The number of hydrogen-bond donors (Lipinski definition) is 1. The summed E-state index contributed by atoms with van der Waals surface area (Å²) < 4.78 is 34.9. The van der Waals surface area contributed by atoms with Crippen LogP contribution in [0.25, 0.3) is 0 Å². The van der Waals surface area contributed by atoms with Gasteiger partial charge in [0.1, 0.15) is 6.54 Å². The van der Waals surface area contributed by atoms with Gasteiger partial charge >= 0.3 is 6.18 Å². The van der Waals surface area contributed by atoms with Gasteiger partial charge in [0.25, 0.3) is 0 Å². The summed E-state index contributed by atoms with van der Waals surface area (Å²) in [5.41, 5.74) is 0. The lowest BCUT2D eigenvalue weighted by molar-refractivity contribution is -0.136. The number of alkyl halides is 3. The van der Waals surface area contributed by atoms with E-state index in [0.29, 0.717) is 0 Å². The highest BCUT2D eigenvalue weighted by molar-refractivity contribution is 7.99. The van der Waals surface area contributed by atoms with Gasteiger partial charge < -0.3 is 5.32 Å². The summed E-state index contributed by atoms with van der Waals surface area (Å²) in [4.78, 5) is 10.8. The number of carbonyl (C=O) groups excluding carboxylic acids is 1. The fraction of sp³-hybridized carbons (Fsp3) is 0.875. The lowest BCUT2D eigenvalue weighted by atomic mass is 10.4. The molecule has 0 bridgehead atoms. The van der Waals surface area contributed by atoms with Crippen LogP contribution < -0.4 is 5.32 Å². The van der Waals surface area contributed by atoms with Crippen molar-refractivity contribution in [3.63, 3.8) is 0 Å². The zero-order valence-corrected chi connectivity index (χ0v) is 8.80. The van der Waals surface area contributed by atoms with E-state index in [-0.39, 0.29) is 5.75 Å². The summed E-state index contributed by atoms with van der Waals surface area (Å²) in [7, 11) is 0. The van der Waals surface area contributed by atoms with E-state index >= 15 is 0 Å². The lowest BCUT2D eigenvalue weighted by Gasteiger charge is -2.07. The Morgan fingerprint density at radius 3 is 2.57 bits per heavy atom. The third-order valence-corrected chi connectivity index (χ3v) is 2.41.